The number of benzene rings is 1. The third-order valence-electron chi connectivity index (χ3n) is 2.78. The molecule has 1 aromatic carbocycles. The molecule has 1 aromatic heterocycles. The molecule has 0 bridgehead atoms. The van der Waals surface area contributed by atoms with Gasteiger partial charge < -0.3 is 10.1 Å². The maximum absolute atomic E-state index is 13.4. The van der Waals surface area contributed by atoms with Crippen LogP contribution in [0.4, 0.5) is 4.39 Å². The molecule has 0 atom stereocenters. The van der Waals surface area contributed by atoms with Gasteiger partial charge in [0.2, 0.25) is 0 Å². The van der Waals surface area contributed by atoms with Crippen molar-refractivity contribution in [2.75, 3.05) is 0 Å². The van der Waals surface area contributed by atoms with Gasteiger partial charge in [0.25, 0.3) is 0 Å². The van der Waals surface area contributed by atoms with Crippen molar-refractivity contribution in [3.05, 3.63) is 52.0 Å². The van der Waals surface area contributed by atoms with Crippen LogP contribution in [0, 0.1) is 5.82 Å². The number of rotatable bonds is 5. The molecule has 0 saturated carbocycles. The molecule has 108 valence electrons. The number of hydrogen-bond donors (Lipinski definition) is 1. The fourth-order valence-corrected chi connectivity index (χ4v) is 2.35. The molecule has 0 unspecified atom stereocenters. The summed E-state index contributed by atoms with van der Waals surface area (Å²) in [7, 11) is 0. The van der Waals surface area contributed by atoms with E-state index in [9.17, 15) is 4.39 Å². The van der Waals surface area contributed by atoms with Crippen molar-refractivity contribution in [2.45, 2.75) is 39.5 Å². The van der Waals surface area contributed by atoms with Gasteiger partial charge in [0.15, 0.2) is 0 Å². The van der Waals surface area contributed by atoms with Crippen LogP contribution in [0.25, 0.3) is 0 Å². The summed E-state index contributed by atoms with van der Waals surface area (Å²) in [6.07, 6.45) is 0. The second-order valence-electron chi connectivity index (χ2n) is 5.72. The van der Waals surface area contributed by atoms with E-state index in [-0.39, 0.29) is 11.4 Å². The summed E-state index contributed by atoms with van der Waals surface area (Å²) in [5.74, 6) is 0.496. The molecule has 0 spiro atoms. The van der Waals surface area contributed by atoms with Gasteiger partial charge in [0.05, 0.1) is 0 Å². The zero-order valence-corrected chi connectivity index (χ0v) is 12.9. The third kappa shape index (κ3) is 4.62. The topological polar surface area (TPSA) is 21.3 Å². The van der Waals surface area contributed by atoms with Crippen molar-refractivity contribution >= 4 is 11.3 Å². The van der Waals surface area contributed by atoms with Crippen molar-refractivity contribution in [1.82, 2.24) is 5.32 Å². The highest BCUT2D eigenvalue weighted by molar-refractivity contribution is 7.09. The first-order valence-corrected chi connectivity index (χ1v) is 7.51. The molecule has 0 saturated heterocycles. The molecule has 0 radical (unpaired) electrons. The summed E-state index contributed by atoms with van der Waals surface area (Å²) >= 11 is 1.65. The molecular weight excluding hydrogens is 273 g/mol. The number of hydrogen-bond acceptors (Lipinski definition) is 3. The van der Waals surface area contributed by atoms with Gasteiger partial charge in [0.1, 0.15) is 18.2 Å². The Morgan fingerprint density at radius 3 is 2.70 bits per heavy atom. The van der Waals surface area contributed by atoms with Crippen molar-refractivity contribution < 1.29 is 9.13 Å². The average molecular weight is 293 g/mol. The molecule has 2 rings (SSSR count). The highest BCUT2D eigenvalue weighted by Crippen LogP contribution is 2.22. The van der Waals surface area contributed by atoms with Gasteiger partial charge in [-0.2, -0.15) is 0 Å². The van der Waals surface area contributed by atoms with Crippen LogP contribution in [0.2, 0.25) is 0 Å². The van der Waals surface area contributed by atoms with E-state index >= 15 is 0 Å². The first-order valence-electron chi connectivity index (χ1n) is 6.63. The van der Waals surface area contributed by atoms with E-state index in [0.717, 1.165) is 16.2 Å². The van der Waals surface area contributed by atoms with Crippen molar-refractivity contribution in [2.24, 2.45) is 0 Å². The van der Waals surface area contributed by atoms with E-state index in [2.05, 4.69) is 26.1 Å². The smallest absolute Gasteiger partial charge is 0.124 e. The molecule has 0 aliphatic carbocycles. The Hall–Kier alpha value is -1.39. The summed E-state index contributed by atoms with van der Waals surface area (Å²) < 4.78 is 19.2. The predicted octanol–water partition coefficient (Wildman–Crippen LogP) is 4.35. The van der Waals surface area contributed by atoms with Crippen LogP contribution >= 0.6 is 11.3 Å². The zero-order chi connectivity index (χ0) is 14.6. The molecule has 0 aliphatic heterocycles. The van der Waals surface area contributed by atoms with E-state index in [1.54, 1.807) is 17.4 Å². The third-order valence-corrected chi connectivity index (χ3v) is 3.63. The van der Waals surface area contributed by atoms with Crippen LogP contribution in [0.1, 0.15) is 31.2 Å². The first-order chi connectivity index (χ1) is 9.44. The number of ether oxygens (including phenoxy) is 1. The molecule has 2 aromatic rings. The van der Waals surface area contributed by atoms with Crippen LogP contribution in [0.3, 0.4) is 0 Å². The Bertz CT molecular complexity index is 546. The van der Waals surface area contributed by atoms with Gasteiger partial charge in [-0.1, -0.05) is 6.07 Å². The van der Waals surface area contributed by atoms with Gasteiger partial charge in [-0.3, -0.25) is 0 Å². The van der Waals surface area contributed by atoms with Crippen LogP contribution in [-0.2, 0) is 13.2 Å². The first kappa shape index (κ1) is 15.0. The predicted molar refractivity (Wildman–Crippen MR) is 81.6 cm³/mol. The van der Waals surface area contributed by atoms with Gasteiger partial charge in [-0.15, -0.1) is 11.3 Å². The van der Waals surface area contributed by atoms with Crippen LogP contribution in [0.15, 0.2) is 35.7 Å². The molecule has 0 fully saturated rings. The quantitative estimate of drug-likeness (QED) is 0.884. The summed E-state index contributed by atoms with van der Waals surface area (Å²) in [6, 6.07) is 8.69. The number of nitrogens with one attached hydrogen (secondary N) is 1. The largest absolute Gasteiger partial charge is 0.488 e. The summed E-state index contributed by atoms with van der Waals surface area (Å²) in [5, 5.41) is 5.37. The number of thiophene rings is 1. The normalized spacial score (nSPS) is 11.6. The fraction of sp³-hybridized carbons (Fsp3) is 0.375. The highest BCUT2D eigenvalue weighted by Gasteiger charge is 2.12. The van der Waals surface area contributed by atoms with Gasteiger partial charge in [0, 0.05) is 22.5 Å². The molecule has 1 heterocycles. The minimum absolute atomic E-state index is 0.0165. The minimum atomic E-state index is -0.237. The van der Waals surface area contributed by atoms with Gasteiger partial charge in [-0.25, -0.2) is 4.39 Å². The Morgan fingerprint density at radius 1 is 1.25 bits per heavy atom. The van der Waals surface area contributed by atoms with Crippen LogP contribution < -0.4 is 10.1 Å². The van der Waals surface area contributed by atoms with E-state index in [1.165, 1.54) is 12.1 Å². The molecule has 0 aliphatic rings. The average Bonchev–Trinajstić information content (AvgIpc) is 2.87. The minimum Gasteiger partial charge on any atom is -0.488 e. The molecule has 1 N–H and O–H groups in total. The summed E-state index contributed by atoms with van der Waals surface area (Å²) in [4.78, 5) is 1.16. The van der Waals surface area contributed by atoms with Crippen molar-refractivity contribution in [3.8, 4) is 5.75 Å². The van der Waals surface area contributed by atoms with Gasteiger partial charge in [-0.05, 0) is 50.4 Å². The Morgan fingerprint density at radius 2 is 2.05 bits per heavy atom. The zero-order valence-electron chi connectivity index (χ0n) is 12.1. The monoisotopic (exact) mass is 293 g/mol. The van der Waals surface area contributed by atoms with Crippen LogP contribution in [0.5, 0.6) is 5.75 Å². The molecule has 20 heavy (non-hydrogen) atoms. The fourth-order valence-electron chi connectivity index (χ4n) is 1.73. The molecule has 4 heteroatoms. The lowest BCUT2D eigenvalue weighted by atomic mass is 10.1. The summed E-state index contributed by atoms with van der Waals surface area (Å²) in [5.41, 5.74) is 0.827. The molecule has 2 nitrogen and oxygen atoms in total. The second-order valence-corrected chi connectivity index (χ2v) is 6.76. The van der Waals surface area contributed by atoms with Crippen molar-refractivity contribution in [1.29, 1.82) is 0 Å². The standard InChI is InChI=1S/C16H20FNOS/c1-16(2,3)18-10-12-9-13(17)6-7-15(12)19-11-14-5-4-8-20-14/h4-9,18H,10-11H2,1-3H3. The Balaban J connectivity index is 2.07. The SMILES string of the molecule is CC(C)(C)NCc1cc(F)ccc1OCc1cccs1. The maximum Gasteiger partial charge on any atom is 0.124 e. The van der Waals surface area contributed by atoms with E-state index in [1.807, 2.05) is 17.5 Å². The van der Waals surface area contributed by atoms with Crippen LogP contribution in [-0.4, -0.2) is 5.54 Å². The Labute approximate surface area is 123 Å². The maximum atomic E-state index is 13.4. The molecular formula is C16H20FNOS. The summed E-state index contributed by atoms with van der Waals surface area (Å²) in [6.45, 7) is 7.35. The second kappa shape index (κ2) is 6.37. The van der Waals surface area contributed by atoms with Crippen molar-refractivity contribution in [3.63, 3.8) is 0 Å². The van der Waals surface area contributed by atoms with E-state index in [4.69, 9.17) is 4.74 Å². The molecule has 0 amide bonds. The van der Waals surface area contributed by atoms with Gasteiger partial charge >= 0.3 is 0 Å². The van der Waals surface area contributed by atoms with E-state index < -0.39 is 0 Å². The lowest BCUT2D eigenvalue weighted by molar-refractivity contribution is 0.303. The lowest BCUT2D eigenvalue weighted by Gasteiger charge is -2.21. The van der Waals surface area contributed by atoms with E-state index in [0.29, 0.717) is 13.2 Å². The Kier molecular flexibility index (Phi) is 4.78. The lowest BCUT2D eigenvalue weighted by Crippen LogP contribution is -2.35. The number of halogens is 1. The highest BCUT2D eigenvalue weighted by atomic mass is 32.1.